The average molecular weight is 386 g/mol. The summed E-state index contributed by atoms with van der Waals surface area (Å²) in [6, 6.07) is 30.9. The molecule has 0 amide bonds. The SMILES string of the molecule is Cc1cc2ccccc2[cH-]1.[Zr+2].[c-]1cccc2c1Cc1ccccc1-2. The van der Waals surface area contributed by atoms with Gasteiger partial charge in [-0.3, -0.25) is 0 Å². The summed E-state index contributed by atoms with van der Waals surface area (Å²) in [5, 5.41) is 2.69. The Kier molecular flexibility index (Phi) is 5.21. The van der Waals surface area contributed by atoms with E-state index in [4.69, 9.17) is 0 Å². The van der Waals surface area contributed by atoms with Crippen LogP contribution in [0.5, 0.6) is 0 Å². The largest absolute Gasteiger partial charge is 2.00 e. The van der Waals surface area contributed by atoms with E-state index in [0.717, 1.165) is 6.42 Å². The maximum atomic E-state index is 3.30. The standard InChI is InChI=1S/C13H9.C10H9.Zr/c1-3-7-12-10(5-1)9-11-6-2-4-8-13(11)12;1-8-6-9-4-2-3-5-10(9)7-8;/h1-5,7-8H,9H2;2-7H,1H3;/q2*-1;+2. The maximum Gasteiger partial charge on any atom is 2.00 e. The molecule has 0 atom stereocenters. The van der Waals surface area contributed by atoms with Crippen molar-refractivity contribution in [1.82, 2.24) is 0 Å². The molecular weight excluding hydrogens is 367 g/mol. The van der Waals surface area contributed by atoms with Gasteiger partial charge in [0.2, 0.25) is 0 Å². The number of fused-ring (bicyclic) bond motifs is 4. The van der Waals surface area contributed by atoms with Gasteiger partial charge in [-0.25, -0.2) is 0 Å². The molecule has 0 unspecified atom stereocenters. The third-order valence-electron chi connectivity index (χ3n) is 4.38. The van der Waals surface area contributed by atoms with Gasteiger partial charge >= 0.3 is 26.2 Å². The van der Waals surface area contributed by atoms with E-state index in [-0.39, 0.29) is 26.2 Å². The number of aryl methyl sites for hydroxylation is 1. The molecular formula is C23H18Zr. The van der Waals surface area contributed by atoms with Gasteiger partial charge in [-0.2, -0.15) is 35.9 Å². The zero-order valence-electron chi connectivity index (χ0n) is 13.7. The van der Waals surface area contributed by atoms with Crippen LogP contribution in [-0.4, -0.2) is 0 Å². The van der Waals surface area contributed by atoms with Crippen LogP contribution >= 0.6 is 0 Å². The quantitative estimate of drug-likeness (QED) is 0.290. The number of rotatable bonds is 0. The molecule has 114 valence electrons. The molecule has 4 aromatic carbocycles. The monoisotopic (exact) mass is 384 g/mol. The molecule has 0 spiro atoms. The molecule has 24 heavy (non-hydrogen) atoms. The first kappa shape index (κ1) is 17.0. The minimum absolute atomic E-state index is 0. The normalized spacial score (nSPS) is 11.0. The number of benzene rings is 3. The van der Waals surface area contributed by atoms with Crippen LogP contribution in [0.1, 0.15) is 16.7 Å². The van der Waals surface area contributed by atoms with Gasteiger partial charge in [-0.1, -0.05) is 48.4 Å². The molecule has 0 saturated heterocycles. The van der Waals surface area contributed by atoms with Crippen molar-refractivity contribution >= 4 is 10.8 Å². The summed E-state index contributed by atoms with van der Waals surface area (Å²) >= 11 is 0. The Morgan fingerprint density at radius 2 is 1.62 bits per heavy atom. The Bertz CT molecular complexity index is 886. The van der Waals surface area contributed by atoms with Crippen molar-refractivity contribution < 1.29 is 26.2 Å². The fourth-order valence-electron chi connectivity index (χ4n) is 3.30. The van der Waals surface area contributed by atoms with Gasteiger partial charge in [0.05, 0.1) is 0 Å². The molecule has 0 saturated carbocycles. The molecule has 0 nitrogen and oxygen atoms in total. The average Bonchev–Trinajstić information content (AvgIpc) is 3.14. The van der Waals surface area contributed by atoms with Crippen molar-refractivity contribution in [2.75, 3.05) is 0 Å². The summed E-state index contributed by atoms with van der Waals surface area (Å²) in [6.45, 7) is 2.12. The van der Waals surface area contributed by atoms with Crippen LogP contribution in [0, 0.1) is 13.0 Å². The van der Waals surface area contributed by atoms with Gasteiger partial charge in [0.25, 0.3) is 0 Å². The first-order chi connectivity index (χ1) is 11.3. The van der Waals surface area contributed by atoms with E-state index in [1.54, 1.807) is 0 Å². The molecule has 1 aliphatic carbocycles. The van der Waals surface area contributed by atoms with Gasteiger partial charge in [0.1, 0.15) is 0 Å². The minimum Gasteiger partial charge on any atom is -0.179 e. The van der Waals surface area contributed by atoms with Crippen LogP contribution in [0.2, 0.25) is 0 Å². The summed E-state index contributed by atoms with van der Waals surface area (Å²) in [4.78, 5) is 0. The van der Waals surface area contributed by atoms with Gasteiger partial charge in [-0.15, -0.1) is 46.2 Å². The predicted octanol–water partition coefficient (Wildman–Crippen LogP) is 5.92. The fourth-order valence-corrected chi connectivity index (χ4v) is 3.30. The predicted molar refractivity (Wildman–Crippen MR) is 97.8 cm³/mol. The van der Waals surface area contributed by atoms with Crippen molar-refractivity contribution in [3.05, 3.63) is 102 Å². The molecule has 4 aromatic rings. The molecule has 0 aliphatic heterocycles. The molecule has 1 heteroatoms. The van der Waals surface area contributed by atoms with Crippen molar-refractivity contribution in [2.45, 2.75) is 13.3 Å². The first-order valence-corrected chi connectivity index (χ1v) is 8.01. The number of hydrogen-bond acceptors (Lipinski definition) is 0. The van der Waals surface area contributed by atoms with Crippen LogP contribution in [0.15, 0.2) is 78.9 Å². The van der Waals surface area contributed by atoms with Crippen molar-refractivity contribution in [3.63, 3.8) is 0 Å². The van der Waals surface area contributed by atoms with Crippen LogP contribution in [-0.2, 0) is 32.6 Å². The third kappa shape index (κ3) is 3.33. The Morgan fingerprint density at radius 3 is 2.50 bits per heavy atom. The molecule has 0 heterocycles. The van der Waals surface area contributed by atoms with E-state index in [2.05, 4.69) is 85.8 Å². The summed E-state index contributed by atoms with van der Waals surface area (Å²) in [5.41, 5.74) is 6.86. The molecule has 0 bridgehead atoms. The van der Waals surface area contributed by atoms with Crippen LogP contribution in [0.25, 0.3) is 21.9 Å². The summed E-state index contributed by atoms with van der Waals surface area (Å²) in [7, 11) is 0. The van der Waals surface area contributed by atoms with Crippen LogP contribution in [0.3, 0.4) is 0 Å². The molecule has 5 rings (SSSR count). The zero-order valence-corrected chi connectivity index (χ0v) is 16.2. The second-order valence-electron chi connectivity index (χ2n) is 6.06. The van der Waals surface area contributed by atoms with E-state index < -0.39 is 0 Å². The first-order valence-electron chi connectivity index (χ1n) is 8.01. The van der Waals surface area contributed by atoms with Gasteiger partial charge in [0.15, 0.2) is 0 Å². The summed E-state index contributed by atoms with van der Waals surface area (Å²) in [6.07, 6.45) is 1.05. The van der Waals surface area contributed by atoms with E-state index in [1.807, 2.05) is 6.07 Å². The van der Waals surface area contributed by atoms with Gasteiger partial charge in [-0.05, 0) is 6.42 Å². The summed E-state index contributed by atoms with van der Waals surface area (Å²) < 4.78 is 0. The Hall–Kier alpha value is -1.85. The molecule has 1 aliphatic rings. The Balaban J connectivity index is 0.000000140. The van der Waals surface area contributed by atoms with E-state index >= 15 is 0 Å². The topological polar surface area (TPSA) is 0 Å². The van der Waals surface area contributed by atoms with E-state index in [0.29, 0.717) is 0 Å². The fraction of sp³-hybridized carbons (Fsp3) is 0.0870. The summed E-state index contributed by atoms with van der Waals surface area (Å²) in [5.74, 6) is 0. The zero-order chi connectivity index (χ0) is 15.6. The molecule has 0 radical (unpaired) electrons. The van der Waals surface area contributed by atoms with Crippen LogP contribution in [0.4, 0.5) is 0 Å². The third-order valence-corrected chi connectivity index (χ3v) is 4.38. The van der Waals surface area contributed by atoms with Crippen molar-refractivity contribution in [1.29, 1.82) is 0 Å². The minimum atomic E-state index is 0. The second-order valence-corrected chi connectivity index (χ2v) is 6.06. The molecule has 0 fully saturated rings. The van der Waals surface area contributed by atoms with E-state index in [1.165, 1.54) is 38.6 Å². The Morgan fingerprint density at radius 1 is 0.875 bits per heavy atom. The number of hydrogen-bond donors (Lipinski definition) is 0. The van der Waals surface area contributed by atoms with Crippen LogP contribution < -0.4 is 0 Å². The second kappa shape index (κ2) is 7.37. The molecule has 0 N–H and O–H groups in total. The van der Waals surface area contributed by atoms with Gasteiger partial charge in [0, 0.05) is 0 Å². The maximum absolute atomic E-state index is 3.30. The van der Waals surface area contributed by atoms with Crippen molar-refractivity contribution in [2.24, 2.45) is 0 Å². The smallest absolute Gasteiger partial charge is 0.179 e. The van der Waals surface area contributed by atoms with Crippen molar-refractivity contribution in [3.8, 4) is 11.1 Å². The molecule has 0 aromatic heterocycles. The Labute approximate surface area is 162 Å². The van der Waals surface area contributed by atoms with E-state index in [9.17, 15) is 0 Å². The van der Waals surface area contributed by atoms with Gasteiger partial charge < -0.3 is 0 Å².